The molecule has 0 saturated heterocycles. The van der Waals surface area contributed by atoms with E-state index in [4.69, 9.17) is 14.2 Å². The molecule has 0 aliphatic carbocycles. The predicted molar refractivity (Wildman–Crippen MR) is 91.5 cm³/mol. The Balaban J connectivity index is 1.50. The molecule has 25 heavy (non-hydrogen) atoms. The molecular weight excluding hydrogens is 320 g/mol. The first-order valence-electron chi connectivity index (χ1n) is 8.65. The van der Waals surface area contributed by atoms with Crippen LogP contribution < -0.4 is 9.47 Å². The number of benzene rings is 1. The van der Waals surface area contributed by atoms with Crippen molar-refractivity contribution in [3.05, 3.63) is 47.8 Å². The quantitative estimate of drug-likeness (QED) is 0.855. The number of carbonyl (C=O) groups excluding carboxylic acids is 1. The van der Waals surface area contributed by atoms with E-state index in [9.17, 15) is 4.79 Å². The Morgan fingerprint density at radius 2 is 2.12 bits per heavy atom. The molecule has 2 aliphatic rings. The lowest BCUT2D eigenvalue weighted by Gasteiger charge is -2.24. The van der Waals surface area contributed by atoms with Crippen LogP contribution in [0.1, 0.15) is 18.2 Å². The van der Waals surface area contributed by atoms with Gasteiger partial charge in [0.05, 0.1) is 25.6 Å². The van der Waals surface area contributed by atoms with Gasteiger partial charge in [-0.2, -0.15) is 0 Å². The Labute approximate surface area is 146 Å². The molecule has 0 saturated carbocycles. The summed E-state index contributed by atoms with van der Waals surface area (Å²) in [5, 5.41) is 0. The summed E-state index contributed by atoms with van der Waals surface area (Å²) in [4.78, 5) is 14.8. The molecule has 4 rings (SSSR count). The Bertz CT molecular complexity index is 771. The van der Waals surface area contributed by atoms with Crippen molar-refractivity contribution in [2.45, 2.75) is 32.5 Å². The number of hydrogen-bond donors (Lipinski definition) is 0. The summed E-state index contributed by atoms with van der Waals surface area (Å²) < 4.78 is 18.7. The summed E-state index contributed by atoms with van der Waals surface area (Å²) in [7, 11) is 0. The fraction of sp³-hybridized carbons (Fsp3) is 0.421. The van der Waals surface area contributed by atoms with E-state index in [1.807, 2.05) is 42.3 Å². The Morgan fingerprint density at radius 1 is 1.24 bits per heavy atom. The second-order valence-corrected chi connectivity index (χ2v) is 6.37. The van der Waals surface area contributed by atoms with Gasteiger partial charge in [-0.15, -0.1) is 0 Å². The van der Waals surface area contributed by atoms with Gasteiger partial charge in [-0.3, -0.25) is 4.79 Å². The average Bonchev–Trinajstić information content (AvgIpc) is 3.20. The van der Waals surface area contributed by atoms with E-state index in [1.54, 1.807) is 0 Å². The zero-order chi connectivity index (χ0) is 17.2. The zero-order valence-electron chi connectivity index (χ0n) is 14.3. The molecule has 132 valence electrons. The van der Waals surface area contributed by atoms with Crippen LogP contribution in [0.5, 0.6) is 11.5 Å². The van der Waals surface area contributed by atoms with E-state index in [0.29, 0.717) is 31.9 Å². The number of rotatable bonds is 4. The summed E-state index contributed by atoms with van der Waals surface area (Å²) >= 11 is 0. The van der Waals surface area contributed by atoms with Gasteiger partial charge in [0, 0.05) is 25.0 Å². The first-order valence-corrected chi connectivity index (χ1v) is 8.65. The van der Waals surface area contributed by atoms with E-state index < -0.39 is 0 Å². The van der Waals surface area contributed by atoms with Gasteiger partial charge in [0.2, 0.25) is 12.7 Å². The average molecular weight is 342 g/mol. The van der Waals surface area contributed by atoms with Gasteiger partial charge < -0.3 is 23.7 Å². The Hall–Kier alpha value is -2.47. The first kappa shape index (κ1) is 16.0. The van der Waals surface area contributed by atoms with E-state index in [2.05, 4.69) is 10.6 Å². The van der Waals surface area contributed by atoms with Crippen molar-refractivity contribution in [2.24, 2.45) is 0 Å². The molecule has 3 heterocycles. The monoisotopic (exact) mass is 342 g/mol. The number of fused-ring (bicyclic) bond motifs is 2. The lowest BCUT2D eigenvalue weighted by atomic mass is 10.1. The summed E-state index contributed by atoms with van der Waals surface area (Å²) in [5.74, 6) is 1.54. The molecule has 1 aromatic carbocycles. The van der Waals surface area contributed by atoms with Gasteiger partial charge in [0.1, 0.15) is 0 Å². The summed E-state index contributed by atoms with van der Waals surface area (Å²) in [6, 6.07) is 9.76. The summed E-state index contributed by atoms with van der Waals surface area (Å²) in [6.45, 7) is 4.88. The van der Waals surface area contributed by atoms with E-state index in [-0.39, 0.29) is 18.8 Å². The second-order valence-electron chi connectivity index (χ2n) is 6.37. The van der Waals surface area contributed by atoms with Gasteiger partial charge in [0.15, 0.2) is 11.5 Å². The number of ether oxygens (including phenoxy) is 3. The van der Waals surface area contributed by atoms with Crippen molar-refractivity contribution >= 4 is 5.91 Å². The van der Waals surface area contributed by atoms with Crippen LogP contribution in [0.25, 0.3) is 0 Å². The van der Waals surface area contributed by atoms with Crippen molar-refractivity contribution in [1.29, 1.82) is 0 Å². The van der Waals surface area contributed by atoms with Crippen LogP contribution in [0.3, 0.4) is 0 Å². The van der Waals surface area contributed by atoms with Crippen LogP contribution in [-0.2, 0) is 29.0 Å². The largest absolute Gasteiger partial charge is 0.454 e. The molecule has 6 nitrogen and oxygen atoms in total. The molecule has 0 spiro atoms. The van der Waals surface area contributed by atoms with Gasteiger partial charge in [-0.05, 0) is 36.8 Å². The predicted octanol–water partition coefficient (Wildman–Crippen LogP) is 2.21. The van der Waals surface area contributed by atoms with Gasteiger partial charge in [-0.25, -0.2) is 0 Å². The molecule has 6 heteroatoms. The van der Waals surface area contributed by atoms with Gasteiger partial charge in [-0.1, -0.05) is 6.07 Å². The van der Waals surface area contributed by atoms with E-state index >= 15 is 0 Å². The number of amides is 1. The molecule has 0 bridgehead atoms. The maximum atomic E-state index is 12.9. The van der Waals surface area contributed by atoms with Crippen LogP contribution in [0, 0.1) is 0 Å². The molecule has 1 aromatic heterocycles. The topological polar surface area (TPSA) is 52.9 Å². The van der Waals surface area contributed by atoms with Crippen molar-refractivity contribution in [1.82, 2.24) is 9.47 Å². The normalized spacial score (nSPS) is 18.8. The minimum atomic E-state index is 0.0133. The van der Waals surface area contributed by atoms with Crippen LogP contribution >= 0.6 is 0 Å². The van der Waals surface area contributed by atoms with Crippen LogP contribution in [0.2, 0.25) is 0 Å². The Kier molecular flexibility index (Phi) is 4.36. The molecule has 0 unspecified atom stereocenters. The molecule has 2 aromatic rings. The fourth-order valence-corrected chi connectivity index (χ4v) is 3.42. The van der Waals surface area contributed by atoms with Crippen LogP contribution in [-0.4, -0.2) is 41.4 Å². The van der Waals surface area contributed by atoms with Gasteiger partial charge >= 0.3 is 0 Å². The molecular formula is C19H22N2O4. The van der Waals surface area contributed by atoms with Crippen molar-refractivity contribution in [2.75, 3.05) is 19.9 Å². The lowest BCUT2D eigenvalue weighted by molar-refractivity contribution is -0.133. The first-order chi connectivity index (χ1) is 12.2. The zero-order valence-corrected chi connectivity index (χ0v) is 14.3. The third-order valence-corrected chi connectivity index (χ3v) is 4.65. The SMILES string of the molecule is CCO[C@H]1CN(C(=O)Cc2ccc3c(c2)OCO3)Cc2cccn2C1. The second kappa shape index (κ2) is 6.80. The highest BCUT2D eigenvalue weighted by Gasteiger charge is 2.25. The standard InChI is InChI=1S/C19H22N2O4/c1-2-23-16-11-20-7-3-4-15(20)10-21(12-16)19(22)9-14-5-6-17-18(8-14)25-13-24-17/h3-8,16H,2,9-13H2,1H3/t16-/m1/s1. The van der Waals surface area contributed by atoms with E-state index in [1.165, 1.54) is 0 Å². The lowest BCUT2D eigenvalue weighted by Crippen LogP contribution is -2.38. The maximum Gasteiger partial charge on any atom is 0.231 e. The van der Waals surface area contributed by atoms with Crippen molar-refractivity contribution in [3.8, 4) is 11.5 Å². The molecule has 2 aliphatic heterocycles. The van der Waals surface area contributed by atoms with Crippen LogP contribution in [0.4, 0.5) is 0 Å². The maximum absolute atomic E-state index is 12.9. The smallest absolute Gasteiger partial charge is 0.231 e. The fourth-order valence-electron chi connectivity index (χ4n) is 3.42. The van der Waals surface area contributed by atoms with Gasteiger partial charge in [0.25, 0.3) is 0 Å². The molecule has 1 amide bonds. The Morgan fingerprint density at radius 3 is 3.00 bits per heavy atom. The van der Waals surface area contributed by atoms with Crippen LogP contribution in [0.15, 0.2) is 36.5 Å². The number of hydrogen-bond acceptors (Lipinski definition) is 4. The van der Waals surface area contributed by atoms with Crippen molar-refractivity contribution < 1.29 is 19.0 Å². The van der Waals surface area contributed by atoms with Crippen molar-refractivity contribution in [3.63, 3.8) is 0 Å². The highest BCUT2D eigenvalue weighted by Crippen LogP contribution is 2.32. The third-order valence-electron chi connectivity index (χ3n) is 4.65. The highest BCUT2D eigenvalue weighted by molar-refractivity contribution is 5.79. The number of aromatic nitrogens is 1. The molecule has 0 radical (unpaired) electrons. The molecule has 0 fully saturated rings. The summed E-state index contributed by atoms with van der Waals surface area (Å²) in [6.07, 6.45) is 2.41. The number of carbonyl (C=O) groups is 1. The van der Waals surface area contributed by atoms with E-state index in [0.717, 1.165) is 23.6 Å². The number of nitrogens with zero attached hydrogens (tertiary/aromatic N) is 2. The third kappa shape index (κ3) is 3.35. The highest BCUT2D eigenvalue weighted by atomic mass is 16.7. The summed E-state index contributed by atoms with van der Waals surface area (Å²) in [5.41, 5.74) is 2.07. The molecule has 1 atom stereocenters. The molecule has 0 N–H and O–H groups in total. The minimum absolute atomic E-state index is 0.0133. The minimum Gasteiger partial charge on any atom is -0.454 e.